The van der Waals surface area contributed by atoms with Crippen LogP contribution in [0.15, 0.2) is 59.1 Å². The molecule has 0 unspecified atom stereocenters. The summed E-state index contributed by atoms with van der Waals surface area (Å²) in [6.45, 7) is 1.14. The average molecular weight is 480 g/mol. The maximum absolute atomic E-state index is 13.2. The summed E-state index contributed by atoms with van der Waals surface area (Å²) in [7, 11) is 0. The summed E-state index contributed by atoms with van der Waals surface area (Å²) in [4.78, 5) is 25.2. The number of hydrogen-bond acceptors (Lipinski definition) is 6. The highest BCUT2D eigenvalue weighted by Crippen LogP contribution is 2.50. The molecule has 0 radical (unpaired) electrons. The van der Waals surface area contributed by atoms with E-state index in [4.69, 9.17) is 19.7 Å². The number of hydrogen-bond donors (Lipinski definition) is 1. The second kappa shape index (κ2) is 9.40. The van der Waals surface area contributed by atoms with Gasteiger partial charge in [0, 0.05) is 19.2 Å². The highest BCUT2D eigenvalue weighted by atomic mass is 19.1. The molecular formula is C26H26FN3O5. The van der Waals surface area contributed by atoms with Crippen molar-refractivity contribution in [2.45, 2.75) is 38.4 Å². The van der Waals surface area contributed by atoms with Crippen LogP contribution in [-0.2, 0) is 11.3 Å². The summed E-state index contributed by atoms with van der Waals surface area (Å²) in [5.74, 6) is 0.118. The van der Waals surface area contributed by atoms with Crippen molar-refractivity contribution < 1.29 is 28.0 Å². The molecule has 2 amide bonds. The smallest absolute Gasteiger partial charge is 0.410 e. The lowest BCUT2D eigenvalue weighted by Gasteiger charge is -2.51. The van der Waals surface area contributed by atoms with Gasteiger partial charge >= 0.3 is 6.09 Å². The number of amides is 2. The summed E-state index contributed by atoms with van der Waals surface area (Å²) in [6.07, 6.45) is 3.41. The van der Waals surface area contributed by atoms with Crippen molar-refractivity contribution in [2.24, 2.45) is 11.1 Å². The Bertz CT molecular complexity index is 1210. The lowest BCUT2D eigenvalue weighted by Crippen LogP contribution is -2.52. The predicted octanol–water partition coefficient (Wildman–Crippen LogP) is 4.54. The molecule has 0 atom stereocenters. The Morgan fingerprint density at radius 3 is 2.51 bits per heavy atom. The number of ether oxygens (including phenoxy) is 2. The first-order valence-electron chi connectivity index (χ1n) is 11.6. The van der Waals surface area contributed by atoms with Crippen molar-refractivity contribution in [3.05, 3.63) is 71.9 Å². The highest BCUT2D eigenvalue weighted by molar-refractivity contribution is 5.90. The van der Waals surface area contributed by atoms with Gasteiger partial charge in [-0.3, -0.25) is 4.79 Å². The first kappa shape index (κ1) is 22.9. The zero-order valence-corrected chi connectivity index (χ0v) is 19.1. The van der Waals surface area contributed by atoms with Crippen LogP contribution in [-0.4, -0.2) is 41.3 Å². The minimum atomic E-state index is -0.698. The Morgan fingerprint density at radius 1 is 1.09 bits per heavy atom. The zero-order valence-electron chi connectivity index (χ0n) is 19.1. The summed E-state index contributed by atoms with van der Waals surface area (Å²) in [6, 6.07) is 15.6. The number of rotatable bonds is 6. The van der Waals surface area contributed by atoms with E-state index in [0.29, 0.717) is 13.1 Å². The molecular weight excluding hydrogens is 453 g/mol. The van der Waals surface area contributed by atoms with Gasteiger partial charge < -0.3 is 24.6 Å². The van der Waals surface area contributed by atoms with Crippen molar-refractivity contribution in [3.63, 3.8) is 0 Å². The Balaban J connectivity index is 1.08. The fourth-order valence-electron chi connectivity index (χ4n) is 4.87. The normalized spacial score (nSPS) is 17.1. The molecule has 5 rings (SSSR count). The first-order valence-corrected chi connectivity index (χ1v) is 11.6. The lowest BCUT2D eigenvalue weighted by molar-refractivity contribution is -0.0539. The van der Waals surface area contributed by atoms with Crippen molar-refractivity contribution in [1.29, 1.82) is 0 Å². The lowest BCUT2D eigenvalue weighted by atomic mass is 9.61. The Morgan fingerprint density at radius 2 is 1.83 bits per heavy atom. The third kappa shape index (κ3) is 5.13. The van der Waals surface area contributed by atoms with E-state index in [1.807, 2.05) is 24.3 Å². The van der Waals surface area contributed by atoms with Crippen molar-refractivity contribution >= 4 is 12.0 Å². The predicted molar refractivity (Wildman–Crippen MR) is 124 cm³/mol. The van der Waals surface area contributed by atoms with E-state index in [2.05, 4.69) is 5.16 Å². The molecule has 9 heteroatoms. The standard InChI is InChI=1S/C26H26FN3O5/c27-19-6-4-17(5-7-19)18-2-1-3-20(12-18)34-22-14-26(15-22)8-10-30(11-9-26)25(32)33-16-21-13-23(24(28)31)29-35-21/h1-7,12-13,22H,8-11,14-16H2,(H2,28,31). The number of carbonyl (C=O) groups excluding carboxylic acids is 2. The quantitative estimate of drug-likeness (QED) is 0.556. The number of likely N-dealkylation sites (tertiary alicyclic amines) is 1. The minimum absolute atomic E-state index is 0.0000908. The summed E-state index contributed by atoms with van der Waals surface area (Å²) < 4.78 is 29.7. The SMILES string of the molecule is NC(=O)c1cc(COC(=O)N2CCC3(CC2)CC(Oc2cccc(-c4ccc(F)cc4)c2)C3)on1. The van der Waals surface area contributed by atoms with E-state index in [0.717, 1.165) is 42.6 Å². The van der Waals surface area contributed by atoms with Gasteiger partial charge in [0.05, 0.1) is 6.10 Å². The summed E-state index contributed by atoms with van der Waals surface area (Å²) >= 11 is 0. The third-order valence-corrected chi connectivity index (χ3v) is 6.87. The van der Waals surface area contributed by atoms with E-state index < -0.39 is 12.0 Å². The fourth-order valence-corrected chi connectivity index (χ4v) is 4.87. The molecule has 1 aromatic heterocycles. The molecule has 2 N–H and O–H groups in total. The molecule has 2 aromatic carbocycles. The van der Waals surface area contributed by atoms with E-state index >= 15 is 0 Å². The van der Waals surface area contributed by atoms with Crippen LogP contribution in [0.3, 0.4) is 0 Å². The van der Waals surface area contributed by atoms with Crippen LogP contribution in [0.25, 0.3) is 11.1 Å². The zero-order chi connectivity index (χ0) is 24.4. The van der Waals surface area contributed by atoms with Gasteiger partial charge in [-0.25, -0.2) is 9.18 Å². The molecule has 1 spiro atoms. The van der Waals surface area contributed by atoms with Crippen LogP contribution < -0.4 is 10.5 Å². The number of benzene rings is 2. The Kier molecular flexibility index (Phi) is 6.15. The van der Waals surface area contributed by atoms with Crippen LogP contribution in [0.2, 0.25) is 0 Å². The van der Waals surface area contributed by atoms with Gasteiger partial charge in [-0.2, -0.15) is 0 Å². The number of piperidine rings is 1. The molecule has 1 aliphatic heterocycles. The van der Waals surface area contributed by atoms with E-state index in [-0.39, 0.29) is 35.4 Å². The maximum atomic E-state index is 13.2. The second-order valence-electron chi connectivity index (χ2n) is 9.27. The van der Waals surface area contributed by atoms with Gasteiger partial charge in [-0.15, -0.1) is 0 Å². The minimum Gasteiger partial charge on any atom is -0.490 e. The molecule has 3 aromatic rings. The van der Waals surface area contributed by atoms with Crippen molar-refractivity contribution in [1.82, 2.24) is 10.1 Å². The molecule has 2 fully saturated rings. The van der Waals surface area contributed by atoms with E-state index in [1.165, 1.54) is 18.2 Å². The highest BCUT2D eigenvalue weighted by Gasteiger charge is 2.47. The largest absolute Gasteiger partial charge is 0.490 e. The van der Waals surface area contributed by atoms with Gasteiger partial charge in [-0.1, -0.05) is 29.4 Å². The molecule has 2 aliphatic rings. The van der Waals surface area contributed by atoms with Gasteiger partial charge in [-0.05, 0) is 66.5 Å². The number of nitrogens with zero attached hydrogens (tertiary/aromatic N) is 2. The first-order chi connectivity index (χ1) is 16.9. The number of halogens is 1. The molecule has 8 nitrogen and oxygen atoms in total. The van der Waals surface area contributed by atoms with Gasteiger partial charge in [0.2, 0.25) is 0 Å². The van der Waals surface area contributed by atoms with Crippen molar-refractivity contribution in [3.8, 4) is 16.9 Å². The van der Waals surface area contributed by atoms with Crippen LogP contribution in [0.5, 0.6) is 5.75 Å². The number of primary amides is 1. The summed E-state index contributed by atoms with van der Waals surface area (Å²) in [5.41, 5.74) is 7.25. The molecule has 35 heavy (non-hydrogen) atoms. The molecule has 1 aliphatic carbocycles. The Labute approximate surface area is 201 Å². The molecule has 182 valence electrons. The third-order valence-electron chi connectivity index (χ3n) is 6.87. The molecule has 0 bridgehead atoms. The van der Waals surface area contributed by atoms with E-state index in [1.54, 1.807) is 17.0 Å². The Hall–Kier alpha value is -3.88. The second-order valence-corrected chi connectivity index (χ2v) is 9.27. The average Bonchev–Trinajstić information content (AvgIpc) is 3.32. The number of aromatic nitrogens is 1. The van der Waals surface area contributed by atoms with Gasteiger partial charge in [0.15, 0.2) is 18.1 Å². The number of carbonyl (C=O) groups is 2. The van der Waals surface area contributed by atoms with Crippen molar-refractivity contribution in [2.75, 3.05) is 13.1 Å². The van der Waals surface area contributed by atoms with E-state index in [9.17, 15) is 14.0 Å². The van der Waals surface area contributed by atoms with Crippen LogP contribution in [0, 0.1) is 11.2 Å². The molecule has 2 heterocycles. The topological polar surface area (TPSA) is 108 Å². The van der Waals surface area contributed by atoms with Gasteiger partial charge in [0.1, 0.15) is 11.6 Å². The van der Waals surface area contributed by atoms with Crippen LogP contribution >= 0.6 is 0 Å². The molecule has 1 saturated carbocycles. The fraction of sp³-hybridized carbons (Fsp3) is 0.346. The van der Waals surface area contributed by atoms with Crippen LogP contribution in [0.4, 0.5) is 9.18 Å². The molecule has 1 saturated heterocycles. The van der Waals surface area contributed by atoms with Gasteiger partial charge in [0.25, 0.3) is 5.91 Å². The van der Waals surface area contributed by atoms with Crippen LogP contribution in [0.1, 0.15) is 41.9 Å². The summed E-state index contributed by atoms with van der Waals surface area (Å²) in [5, 5.41) is 3.52. The monoisotopic (exact) mass is 479 g/mol. The maximum Gasteiger partial charge on any atom is 0.410 e. The number of nitrogens with two attached hydrogens (primary N) is 1.